The monoisotopic (exact) mass is 506 g/mol. The van der Waals surface area contributed by atoms with E-state index in [1.807, 2.05) is 37.1 Å². The third kappa shape index (κ3) is 6.93. The molecule has 1 saturated heterocycles. The van der Waals surface area contributed by atoms with Gasteiger partial charge in [0.1, 0.15) is 17.7 Å². The van der Waals surface area contributed by atoms with Crippen LogP contribution in [0.4, 0.5) is 5.82 Å². The van der Waals surface area contributed by atoms with Gasteiger partial charge in [0.2, 0.25) is 5.91 Å². The summed E-state index contributed by atoms with van der Waals surface area (Å²) in [7, 11) is 1.98. The van der Waals surface area contributed by atoms with Crippen molar-refractivity contribution in [2.45, 2.75) is 51.2 Å². The van der Waals surface area contributed by atoms with Crippen molar-refractivity contribution < 1.29 is 9.53 Å². The average molecular weight is 507 g/mol. The molecule has 0 saturated carbocycles. The molecule has 1 fully saturated rings. The molecular weight excluding hydrogens is 468 g/mol. The molecule has 0 spiro atoms. The predicted octanol–water partition coefficient (Wildman–Crippen LogP) is 5.32. The van der Waals surface area contributed by atoms with Gasteiger partial charge in [0.15, 0.2) is 0 Å². The number of piperidine rings is 1. The van der Waals surface area contributed by atoms with Crippen molar-refractivity contribution in [2.75, 3.05) is 38.1 Å². The average Bonchev–Trinajstić information content (AvgIpc) is 3.47. The van der Waals surface area contributed by atoms with E-state index in [-0.39, 0.29) is 18.1 Å². The Hall–Kier alpha value is -2.74. The first-order valence-corrected chi connectivity index (χ1v) is 14.0. The molecule has 36 heavy (non-hydrogen) atoms. The standard InChI is InChI=1S/C29H38N4O2S/c1-3-29(34)33(28-12-6-7-17-31-28)24-15-20-32(21-16-24)19-14-23-9-4-5-10-25(23)35-26(13-18-30-2)27-11-8-22-36-27/h4-12,17,22,24,26,30H,3,13-16,18-21H2,1-2H3/t26-/m1/s1. The molecule has 6 nitrogen and oxygen atoms in total. The van der Waals surface area contributed by atoms with Gasteiger partial charge in [0.05, 0.1) is 0 Å². The molecule has 1 aromatic carbocycles. The lowest BCUT2D eigenvalue weighted by Gasteiger charge is -2.38. The highest BCUT2D eigenvalue weighted by atomic mass is 32.1. The molecule has 1 aliphatic rings. The second-order valence-corrected chi connectivity index (χ2v) is 10.2. The lowest BCUT2D eigenvalue weighted by Crippen LogP contribution is -2.48. The number of likely N-dealkylation sites (tertiary alicyclic amines) is 1. The molecule has 0 radical (unpaired) electrons. The second kappa shape index (κ2) is 13.5. The van der Waals surface area contributed by atoms with Crippen molar-refractivity contribution in [1.82, 2.24) is 15.2 Å². The molecule has 1 N–H and O–H groups in total. The second-order valence-electron chi connectivity index (χ2n) is 9.25. The molecule has 0 bridgehead atoms. The van der Waals surface area contributed by atoms with Crippen LogP contribution < -0.4 is 15.0 Å². The largest absolute Gasteiger partial charge is 0.485 e. The van der Waals surface area contributed by atoms with Crippen molar-refractivity contribution in [1.29, 1.82) is 0 Å². The van der Waals surface area contributed by atoms with Crippen LogP contribution in [0.5, 0.6) is 5.75 Å². The van der Waals surface area contributed by atoms with E-state index in [0.717, 1.165) is 63.4 Å². The van der Waals surface area contributed by atoms with Gasteiger partial charge in [0, 0.05) is 49.6 Å². The molecule has 3 heterocycles. The minimum Gasteiger partial charge on any atom is -0.485 e. The lowest BCUT2D eigenvalue weighted by atomic mass is 10.0. The summed E-state index contributed by atoms with van der Waals surface area (Å²) in [6, 6.07) is 18.7. The number of pyridine rings is 1. The first-order valence-electron chi connectivity index (χ1n) is 13.1. The van der Waals surface area contributed by atoms with Crippen molar-refractivity contribution in [3.05, 3.63) is 76.6 Å². The highest BCUT2D eigenvalue weighted by Gasteiger charge is 2.29. The number of benzene rings is 1. The summed E-state index contributed by atoms with van der Waals surface area (Å²) in [5.74, 6) is 1.90. The fourth-order valence-electron chi connectivity index (χ4n) is 4.85. The summed E-state index contributed by atoms with van der Waals surface area (Å²) in [6.45, 7) is 5.78. The smallest absolute Gasteiger partial charge is 0.228 e. The highest BCUT2D eigenvalue weighted by Crippen LogP contribution is 2.31. The number of rotatable bonds is 12. The van der Waals surface area contributed by atoms with Gasteiger partial charge in [-0.3, -0.25) is 9.69 Å². The Balaban J connectivity index is 1.35. The fraction of sp³-hybridized carbons (Fsp3) is 0.448. The summed E-state index contributed by atoms with van der Waals surface area (Å²) in [5.41, 5.74) is 1.25. The van der Waals surface area contributed by atoms with Crippen LogP contribution in [-0.4, -0.2) is 55.1 Å². The van der Waals surface area contributed by atoms with E-state index in [4.69, 9.17) is 4.74 Å². The minimum absolute atomic E-state index is 0.0584. The summed E-state index contributed by atoms with van der Waals surface area (Å²) < 4.78 is 6.57. The van der Waals surface area contributed by atoms with E-state index < -0.39 is 0 Å². The molecule has 1 amide bonds. The van der Waals surface area contributed by atoms with Crippen LogP contribution in [0.15, 0.2) is 66.2 Å². The Morgan fingerprint density at radius 1 is 1.17 bits per heavy atom. The van der Waals surface area contributed by atoms with Crippen LogP contribution in [0.25, 0.3) is 0 Å². The van der Waals surface area contributed by atoms with Gasteiger partial charge in [-0.05, 0) is 68.1 Å². The summed E-state index contributed by atoms with van der Waals surface area (Å²) in [6.07, 6.45) is 6.12. The number of hydrogen-bond donors (Lipinski definition) is 1. The molecule has 0 aliphatic carbocycles. The third-order valence-corrected chi connectivity index (χ3v) is 7.81. The Bertz CT molecular complexity index is 1050. The van der Waals surface area contributed by atoms with Crippen LogP contribution >= 0.6 is 11.3 Å². The highest BCUT2D eigenvalue weighted by molar-refractivity contribution is 7.10. The number of thiophene rings is 1. The van der Waals surface area contributed by atoms with E-state index in [1.54, 1.807) is 17.5 Å². The van der Waals surface area contributed by atoms with Crippen molar-refractivity contribution >= 4 is 23.1 Å². The Kier molecular flexibility index (Phi) is 9.90. The summed E-state index contributed by atoms with van der Waals surface area (Å²) >= 11 is 1.75. The van der Waals surface area contributed by atoms with E-state index in [2.05, 4.69) is 57.0 Å². The zero-order valence-electron chi connectivity index (χ0n) is 21.4. The van der Waals surface area contributed by atoms with Crippen molar-refractivity contribution in [2.24, 2.45) is 0 Å². The minimum atomic E-state index is 0.0584. The van der Waals surface area contributed by atoms with Gasteiger partial charge in [-0.2, -0.15) is 0 Å². The maximum atomic E-state index is 12.7. The number of hydrogen-bond acceptors (Lipinski definition) is 6. The topological polar surface area (TPSA) is 57.7 Å². The van der Waals surface area contributed by atoms with Crippen LogP contribution in [0, 0.1) is 0 Å². The number of para-hydroxylation sites is 1. The number of ether oxygens (including phenoxy) is 1. The molecule has 0 unspecified atom stereocenters. The van der Waals surface area contributed by atoms with Gasteiger partial charge in [-0.15, -0.1) is 11.3 Å². The number of nitrogens with one attached hydrogen (secondary N) is 1. The number of carbonyl (C=O) groups excluding carboxylic acids is 1. The molecule has 1 aliphatic heterocycles. The van der Waals surface area contributed by atoms with Crippen LogP contribution in [0.2, 0.25) is 0 Å². The Morgan fingerprint density at radius 3 is 2.67 bits per heavy atom. The molecule has 2 aromatic heterocycles. The van der Waals surface area contributed by atoms with E-state index >= 15 is 0 Å². The molecule has 3 aromatic rings. The number of amides is 1. The van der Waals surface area contributed by atoms with Crippen LogP contribution in [-0.2, 0) is 11.2 Å². The number of nitrogens with zero attached hydrogens (tertiary/aromatic N) is 3. The fourth-order valence-corrected chi connectivity index (χ4v) is 5.64. The number of carbonyl (C=O) groups is 1. The maximum Gasteiger partial charge on any atom is 0.228 e. The van der Waals surface area contributed by atoms with Gasteiger partial charge in [0.25, 0.3) is 0 Å². The molecule has 1 atom stereocenters. The van der Waals surface area contributed by atoms with Gasteiger partial charge in [-0.1, -0.05) is 37.3 Å². The van der Waals surface area contributed by atoms with Gasteiger partial charge >= 0.3 is 0 Å². The zero-order chi connectivity index (χ0) is 25.2. The third-order valence-electron chi connectivity index (χ3n) is 6.85. The zero-order valence-corrected chi connectivity index (χ0v) is 22.3. The Morgan fingerprint density at radius 2 is 1.97 bits per heavy atom. The molecule has 7 heteroatoms. The van der Waals surface area contributed by atoms with Crippen molar-refractivity contribution in [3.8, 4) is 5.75 Å². The number of anilines is 1. The summed E-state index contributed by atoms with van der Waals surface area (Å²) in [4.78, 5) is 22.9. The van der Waals surface area contributed by atoms with Crippen LogP contribution in [0.1, 0.15) is 49.2 Å². The SMILES string of the molecule is CCC(=O)N(c1ccccn1)C1CCN(CCc2ccccc2O[C@H](CCNC)c2cccs2)CC1. The van der Waals surface area contributed by atoms with Crippen molar-refractivity contribution in [3.63, 3.8) is 0 Å². The number of aromatic nitrogens is 1. The normalized spacial score (nSPS) is 15.5. The van der Waals surface area contributed by atoms with Gasteiger partial charge in [-0.25, -0.2) is 4.98 Å². The Labute approximate surface area is 219 Å². The maximum absolute atomic E-state index is 12.7. The first-order chi connectivity index (χ1) is 17.7. The molecule has 192 valence electrons. The predicted molar refractivity (Wildman–Crippen MR) is 148 cm³/mol. The summed E-state index contributed by atoms with van der Waals surface area (Å²) in [5, 5.41) is 5.37. The quantitative estimate of drug-likeness (QED) is 0.360. The van der Waals surface area contributed by atoms with E-state index in [0.29, 0.717) is 6.42 Å². The van der Waals surface area contributed by atoms with Crippen LogP contribution in [0.3, 0.4) is 0 Å². The first kappa shape index (κ1) is 26.3. The van der Waals surface area contributed by atoms with E-state index in [9.17, 15) is 4.79 Å². The molecular formula is C29H38N4O2S. The molecule has 4 rings (SSSR count). The van der Waals surface area contributed by atoms with Gasteiger partial charge < -0.3 is 15.0 Å². The lowest BCUT2D eigenvalue weighted by molar-refractivity contribution is -0.119. The van der Waals surface area contributed by atoms with E-state index in [1.165, 1.54) is 10.4 Å².